The van der Waals surface area contributed by atoms with Crippen molar-refractivity contribution in [1.82, 2.24) is 5.32 Å². The number of hydrogen-bond acceptors (Lipinski definition) is 2. The molecule has 19 heavy (non-hydrogen) atoms. The first-order valence-electron chi connectivity index (χ1n) is 5.88. The molecule has 0 saturated carbocycles. The van der Waals surface area contributed by atoms with Crippen LogP contribution < -0.4 is 5.32 Å². The van der Waals surface area contributed by atoms with Gasteiger partial charge in [-0.15, -0.1) is 0 Å². The van der Waals surface area contributed by atoms with Crippen LogP contribution in [0.25, 0.3) is 0 Å². The zero-order valence-electron chi connectivity index (χ0n) is 10.4. The number of rotatable bonds is 4. The van der Waals surface area contributed by atoms with Gasteiger partial charge in [0.1, 0.15) is 11.5 Å². The third-order valence-electron chi connectivity index (χ3n) is 2.73. The Labute approximate surface area is 109 Å². The zero-order chi connectivity index (χ0) is 13.9. The smallest absolute Gasteiger partial charge is 0.416 e. The van der Waals surface area contributed by atoms with Gasteiger partial charge in [0.05, 0.1) is 12.1 Å². The minimum Gasteiger partial charge on any atom is -0.465 e. The number of nitrogens with one attached hydrogen (secondary N) is 1. The van der Waals surface area contributed by atoms with E-state index in [1.54, 1.807) is 12.1 Å². The molecule has 0 aliphatic carbocycles. The van der Waals surface area contributed by atoms with Gasteiger partial charge in [0.2, 0.25) is 0 Å². The van der Waals surface area contributed by atoms with Crippen LogP contribution in [0.4, 0.5) is 13.2 Å². The molecule has 2 aromatic rings. The van der Waals surface area contributed by atoms with Gasteiger partial charge in [0.15, 0.2) is 0 Å². The quantitative estimate of drug-likeness (QED) is 0.910. The number of alkyl halides is 3. The molecule has 0 atom stereocenters. The molecule has 0 aliphatic rings. The maximum atomic E-state index is 12.8. The number of hydrogen-bond donors (Lipinski definition) is 1. The molecule has 0 saturated heterocycles. The highest BCUT2D eigenvalue weighted by atomic mass is 19.4. The van der Waals surface area contributed by atoms with Gasteiger partial charge in [0.25, 0.3) is 0 Å². The Bertz CT molecular complexity index is 546. The lowest BCUT2D eigenvalue weighted by molar-refractivity contribution is -0.138. The first-order valence-corrected chi connectivity index (χ1v) is 5.88. The van der Waals surface area contributed by atoms with Gasteiger partial charge in [-0.3, -0.25) is 0 Å². The van der Waals surface area contributed by atoms with E-state index in [0.717, 1.165) is 11.8 Å². The minimum atomic E-state index is -4.32. The largest absolute Gasteiger partial charge is 0.465 e. The van der Waals surface area contributed by atoms with Crippen molar-refractivity contribution in [2.24, 2.45) is 0 Å². The highest BCUT2D eigenvalue weighted by molar-refractivity contribution is 5.29. The van der Waals surface area contributed by atoms with E-state index in [9.17, 15) is 13.2 Å². The summed E-state index contributed by atoms with van der Waals surface area (Å²) >= 11 is 0. The number of benzene rings is 1. The Balaban J connectivity index is 2.00. The average molecular weight is 269 g/mol. The second-order valence-corrected chi connectivity index (χ2v) is 4.27. The Hall–Kier alpha value is -1.75. The summed E-state index contributed by atoms with van der Waals surface area (Å²) in [6.07, 6.45) is -4.32. The van der Waals surface area contributed by atoms with Crippen molar-refractivity contribution < 1.29 is 17.6 Å². The fraction of sp³-hybridized carbons (Fsp3) is 0.286. The minimum absolute atomic E-state index is 0.148. The normalized spacial score (nSPS) is 11.8. The molecular weight excluding hydrogens is 255 g/mol. The fourth-order valence-corrected chi connectivity index (χ4v) is 1.85. The van der Waals surface area contributed by atoms with E-state index >= 15 is 0 Å². The number of aryl methyl sites for hydroxylation is 1. The van der Waals surface area contributed by atoms with E-state index in [0.29, 0.717) is 12.3 Å². The molecule has 5 heteroatoms. The number of furan rings is 1. The van der Waals surface area contributed by atoms with Gasteiger partial charge in [-0.05, 0) is 30.7 Å². The molecule has 0 unspecified atom stereocenters. The maximum absolute atomic E-state index is 12.8. The summed E-state index contributed by atoms with van der Waals surface area (Å²) in [5.74, 6) is 1.49. The van der Waals surface area contributed by atoms with E-state index in [2.05, 4.69) is 5.32 Å². The Kier molecular flexibility index (Phi) is 3.95. The van der Waals surface area contributed by atoms with Crippen LogP contribution in [0, 0.1) is 6.92 Å². The van der Waals surface area contributed by atoms with Crippen LogP contribution in [0.1, 0.15) is 22.6 Å². The summed E-state index contributed by atoms with van der Waals surface area (Å²) < 4.78 is 43.6. The molecule has 1 N–H and O–H groups in total. The topological polar surface area (TPSA) is 25.2 Å². The second-order valence-electron chi connectivity index (χ2n) is 4.27. The van der Waals surface area contributed by atoms with Gasteiger partial charge in [-0.2, -0.15) is 13.2 Å². The van der Waals surface area contributed by atoms with Crippen molar-refractivity contribution in [2.45, 2.75) is 26.2 Å². The summed E-state index contributed by atoms with van der Waals surface area (Å²) in [5.41, 5.74) is -0.364. The fourth-order valence-electron chi connectivity index (χ4n) is 1.85. The number of halogens is 3. The van der Waals surface area contributed by atoms with E-state index in [4.69, 9.17) is 4.42 Å². The van der Waals surface area contributed by atoms with Crippen molar-refractivity contribution >= 4 is 0 Å². The van der Waals surface area contributed by atoms with Crippen LogP contribution in [0.2, 0.25) is 0 Å². The molecule has 0 radical (unpaired) electrons. The predicted molar refractivity (Wildman–Crippen MR) is 65.4 cm³/mol. The Morgan fingerprint density at radius 1 is 1.05 bits per heavy atom. The standard InChI is InChI=1S/C14H14F3NO/c1-10-6-7-12(19-10)9-18-8-11-4-2-3-5-13(11)14(15,16)17/h2-7,18H,8-9H2,1H3. The molecule has 0 bridgehead atoms. The van der Waals surface area contributed by atoms with Gasteiger partial charge < -0.3 is 9.73 Å². The van der Waals surface area contributed by atoms with Crippen LogP contribution in [0.5, 0.6) is 0 Å². The van der Waals surface area contributed by atoms with Crippen LogP contribution in [0.3, 0.4) is 0 Å². The van der Waals surface area contributed by atoms with E-state index in [1.165, 1.54) is 12.1 Å². The van der Waals surface area contributed by atoms with Crippen LogP contribution >= 0.6 is 0 Å². The lowest BCUT2D eigenvalue weighted by Gasteiger charge is -2.12. The zero-order valence-corrected chi connectivity index (χ0v) is 10.4. The maximum Gasteiger partial charge on any atom is 0.416 e. The van der Waals surface area contributed by atoms with Crippen molar-refractivity contribution in [3.05, 3.63) is 59.0 Å². The van der Waals surface area contributed by atoms with Gasteiger partial charge >= 0.3 is 6.18 Å². The van der Waals surface area contributed by atoms with Crippen LogP contribution in [-0.4, -0.2) is 0 Å². The summed E-state index contributed by atoms with van der Waals surface area (Å²) in [4.78, 5) is 0. The average Bonchev–Trinajstić information content (AvgIpc) is 2.74. The third-order valence-corrected chi connectivity index (χ3v) is 2.73. The van der Waals surface area contributed by atoms with Crippen molar-refractivity contribution in [3.63, 3.8) is 0 Å². The highest BCUT2D eigenvalue weighted by Crippen LogP contribution is 2.31. The molecule has 2 nitrogen and oxygen atoms in total. The van der Waals surface area contributed by atoms with Gasteiger partial charge in [-0.1, -0.05) is 18.2 Å². The molecular formula is C14H14F3NO. The lowest BCUT2D eigenvalue weighted by atomic mass is 10.1. The summed E-state index contributed by atoms with van der Waals surface area (Å²) in [5, 5.41) is 2.95. The molecule has 2 rings (SSSR count). The Morgan fingerprint density at radius 3 is 2.42 bits per heavy atom. The van der Waals surface area contributed by atoms with Crippen LogP contribution in [0.15, 0.2) is 40.8 Å². The van der Waals surface area contributed by atoms with E-state index in [-0.39, 0.29) is 12.1 Å². The SMILES string of the molecule is Cc1ccc(CNCc2ccccc2C(F)(F)F)o1. The molecule has 0 amide bonds. The molecule has 0 fully saturated rings. The van der Waals surface area contributed by atoms with Gasteiger partial charge in [0, 0.05) is 6.54 Å². The van der Waals surface area contributed by atoms with E-state index in [1.807, 2.05) is 13.0 Å². The summed E-state index contributed by atoms with van der Waals surface area (Å²) in [7, 11) is 0. The van der Waals surface area contributed by atoms with E-state index < -0.39 is 11.7 Å². The van der Waals surface area contributed by atoms with Crippen molar-refractivity contribution in [1.29, 1.82) is 0 Å². The first kappa shape index (κ1) is 13.7. The first-order chi connectivity index (χ1) is 8.97. The highest BCUT2D eigenvalue weighted by Gasteiger charge is 2.32. The molecule has 0 aliphatic heterocycles. The molecule has 0 spiro atoms. The second kappa shape index (κ2) is 5.48. The molecule has 1 heterocycles. The summed E-state index contributed by atoms with van der Waals surface area (Å²) in [6, 6.07) is 9.18. The third kappa shape index (κ3) is 3.61. The van der Waals surface area contributed by atoms with Crippen molar-refractivity contribution in [2.75, 3.05) is 0 Å². The van der Waals surface area contributed by atoms with Crippen molar-refractivity contribution in [3.8, 4) is 0 Å². The van der Waals surface area contributed by atoms with Crippen LogP contribution in [-0.2, 0) is 19.3 Å². The monoisotopic (exact) mass is 269 g/mol. The lowest BCUT2D eigenvalue weighted by Crippen LogP contribution is -2.17. The summed E-state index contributed by atoms with van der Waals surface area (Å²) in [6.45, 7) is 2.37. The molecule has 1 aromatic heterocycles. The Morgan fingerprint density at radius 2 is 1.79 bits per heavy atom. The molecule has 102 valence electrons. The molecule has 1 aromatic carbocycles. The predicted octanol–water partition coefficient (Wildman–Crippen LogP) is 3.90. The van der Waals surface area contributed by atoms with Gasteiger partial charge in [-0.25, -0.2) is 0 Å².